The maximum Gasteiger partial charge on any atom is 0.398 e. The highest BCUT2D eigenvalue weighted by molar-refractivity contribution is 6.34. The van der Waals surface area contributed by atoms with E-state index in [2.05, 4.69) is 5.10 Å². The van der Waals surface area contributed by atoms with Crippen LogP contribution in [0.5, 0.6) is 0 Å². The van der Waals surface area contributed by atoms with Crippen molar-refractivity contribution in [1.29, 1.82) is 0 Å². The Labute approximate surface area is 245 Å². The van der Waals surface area contributed by atoms with Gasteiger partial charge in [0.25, 0.3) is 5.91 Å². The summed E-state index contributed by atoms with van der Waals surface area (Å²) in [6.07, 6.45) is -1.71. The van der Waals surface area contributed by atoms with Crippen LogP contribution < -0.4 is 0 Å². The number of carboxylic acids is 1. The molecule has 1 aliphatic heterocycles. The number of carbonyl (C=O) groups is 3. The maximum absolute atomic E-state index is 14.2. The fraction of sp³-hybridized carbons (Fsp3) is 0.533. The molecule has 1 aromatic carbocycles. The molecule has 8 nitrogen and oxygen atoms in total. The molecule has 2 heterocycles. The van der Waals surface area contributed by atoms with E-state index in [1.807, 2.05) is 13.0 Å². The van der Waals surface area contributed by atoms with E-state index in [0.717, 1.165) is 15.8 Å². The molecule has 2 aromatic rings. The highest BCUT2D eigenvalue weighted by atomic mass is 35.5. The van der Waals surface area contributed by atoms with Crippen LogP contribution in [0.1, 0.15) is 71.9 Å². The second-order valence-electron chi connectivity index (χ2n) is 12.1. The van der Waals surface area contributed by atoms with Crippen molar-refractivity contribution >= 4 is 35.0 Å². The van der Waals surface area contributed by atoms with Gasteiger partial charge in [0.1, 0.15) is 0 Å². The number of benzene rings is 1. The Bertz CT molecular complexity index is 1510. The molecule has 2 unspecified atom stereocenters. The Kier molecular flexibility index (Phi) is 7.04. The molecule has 3 aliphatic carbocycles. The quantitative estimate of drug-likeness (QED) is 0.514. The summed E-state index contributed by atoms with van der Waals surface area (Å²) in [5.74, 6) is -3.13. The number of halogens is 4. The lowest BCUT2D eigenvalue weighted by molar-refractivity contribution is -0.160. The number of likely N-dealkylation sites (tertiary alicyclic amines) is 1. The molecule has 1 aromatic heterocycles. The fourth-order valence-corrected chi connectivity index (χ4v) is 7.11. The molecule has 0 radical (unpaired) electrons. The highest BCUT2D eigenvalue weighted by Gasteiger charge is 2.65. The zero-order chi connectivity index (χ0) is 30.1. The zero-order valence-electron chi connectivity index (χ0n) is 23.0. The molecule has 1 amide bonds. The first-order valence-corrected chi connectivity index (χ1v) is 14.6. The summed E-state index contributed by atoms with van der Waals surface area (Å²) in [7, 11) is 0. The number of aliphatic hydroxyl groups is 1. The summed E-state index contributed by atoms with van der Waals surface area (Å²) in [5, 5.41) is 23.8. The number of aliphatic carboxylic acids is 1. The van der Waals surface area contributed by atoms with Gasteiger partial charge in [-0.15, -0.1) is 0 Å². The maximum atomic E-state index is 14.2. The lowest BCUT2D eigenvalue weighted by atomic mass is 9.78. The highest BCUT2D eigenvalue weighted by Crippen LogP contribution is 2.60. The third kappa shape index (κ3) is 4.65. The number of aromatic nitrogens is 2. The second-order valence-corrected chi connectivity index (χ2v) is 12.5. The molecular formula is C30H31ClF3N3O5. The van der Waals surface area contributed by atoms with Crippen LogP contribution in [0.25, 0.3) is 5.57 Å². The average molecular weight is 606 g/mol. The standard InChI is InChI=1S/C30H31ClF3N3O5/c1-15-11-16(5-7-19(15)28(41)42)25-20-8-6-17(26(39)36-13-18(38)14-36)12-23(20)37(35-25)27(40)24-21(3-2-4-22(24)31)29(9-10-29)30(32,33)34/h2-4,11,15,17-19,38H,5-10,12-14H2,1H3,(H,41,42)/t15?,17?,19-/m1/s1. The normalized spacial score (nSPS) is 25.3. The number of carboxylic acid groups (broad SMARTS) is 1. The number of β-amino-alcohol motifs (C(OH)–C–C–N with tert-alkyl or cyclic N) is 1. The van der Waals surface area contributed by atoms with E-state index in [-0.39, 0.29) is 60.3 Å². The number of nitrogens with zero attached hydrogens (tertiary/aromatic N) is 3. The molecule has 224 valence electrons. The predicted octanol–water partition coefficient (Wildman–Crippen LogP) is 4.64. The van der Waals surface area contributed by atoms with Crippen molar-refractivity contribution in [1.82, 2.24) is 14.7 Å². The molecule has 1 saturated heterocycles. The van der Waals surface area contributed by atoms with Gasteiger partial charge in [0.05, 0.1) is 39.4 Å². The van der Waals surface area contributed by atoms with Crippen molar-refractivity contribution in [3.63, 3.8) is 0 Å². The number of hydrogen-bond acceptors (Lipinski definition) is 5. The predicted molar refractivity (Wildman–Crippen MR) is 146 cm³/mol. The van der Waals surface area contributed by atoms with Crippen LogP contribution in [0.3, 0.4) is 0 Å². The average Bonchev–Trinajstić information content (AvgIpc) is 3.66. The summed E-state index contributed by atoms with van der Waals surface area (Å²) in [6.45, 7) is 2.29. The van der Waals surface area contributed by atoms with Gasteiger partial charge in [0.15, 0.2) is 0 Å². The summed E-state index contributed by atoms with van der Waals surface area (Å²) >= 11 is 6.44. The lowest BCUT2D eigenvalue weighted by Gasteiger charge is -2.39. The minimum Gasteiger partial charge on any atom is -0.481 e. The second kappa shape index (κ2) is 10.2. The van der Waals surface area contributed by atoms with Gasteiger partial charge in [-0.25, -0.2) is 0 Å². The van der Waals surface area contributed by atoms with Crippen molar-refractivity contribution in [3.8, 4) is 0 Å². The Balaban J connectivity index is 1.44. The van der Waals surface area contributed by atoms with Crippen LogP contribution in [-0.2, 0) is 27.8 Å². The van der Waals surface area contributed by atoms with E-state index in [4.69, 9.17) is 11.6 Å². The molecule has 2 N–H and O–H groups in total. The van der Waals surface area contributed by atoms with Crippen molar-refractivity contribution in [2.24, 2.45) is 17.8 Å². The SMILES string of the molecule is CC1C=C(c2nn(C(=O)c3c(Cl)cccc3C3(C(F)(F)F)CC3)c3c2CCC(C(=O)N2CC(O)C2)C3)CC[C@H]1C(=O)O. The number of alkyl halides is 3. The van der Waals surface area contributed by atoms with Crippen LogP contribution in [0.2, 0.25) is 5.02 Å². The van der Waals surface area contributed by atoms with E-state index in [1.54, 1.807) is 4.90 Å². The van der Waals surface area contributed by atoms with Crippen LogP contribution in [0.15, 0.2) is 24.3 Å². The lowest BCUT2D eigenvalue weighted by Crippen LogP contribution is -2.55. The monoisotopic (exact) mass is 605 g/mol. The molecule has 3 atom stereocenters. The van der Waals surface area contributed by atoms with Gasteiger partial charge in [-0.3, -0.25) is 14.4 Å². The first kappa shape index (κ1) is 28.9. The summed E-state index contributed by atoms with van der Waals surface area (Å²) < 4.78 is 43.7. The van der Waals surface area contributed by atoms with E-state index in [9.17, 15) is 37.8 Å². The van der Waals surface area contributed by atoms with Crippen molar-refractivity contribution < 1.29 is 37.8 Å². The number of hydrogen-bond donors (Lipinski definition) is 2. The third-order valence-electron chi connectivity index (χ3n) is 9.47. The van der Waals surface area contributed by atoms with Gasteiger partial charge < -0.3 is 15.1 Å². The minimum atomic E-state index is -4.57. The van der Waals surface area contributed by atoms with E-state index in [1.165, 1.54) is 18.2 Å². The van der Waals surface area contributed by atoms with Crippen molar-refractivity contribution in [2.45, 2.75) is 69.6 Å². The Morgan fingerprint density at radius 2 is 1.83 bits per heavy atom. The molecule has 1 saturated carbocycles. The summed E-state index contributed by atoms with van der Waals surface area (Å²) in [5.41, 5.74) is -0.0702. The largest absolute Gasteiger partial charge is 0.481 e. The van der Waals surface area contributed by atoms with Crippen LogP contribution in [0, 0.1) is 17.8 Å². The Hall–Kier alpha value is -3.18. The smallest absolute Gasteiger partial charge is 0.398 e. The number of amides is 1. The van der Waals surface area contributed by atoms with Crippen LogP contribution in [0.4, 0.5) is 13.2 Å². The number of rotatable bonds is 5. The third-order valence-corrected chi connectivity index (χ3v) is 9.78. The van der Waals surface area contributed by atoms with Crippen LogP contribution >= 0.6 is 11.6 Å². The Morgan fingerprint density at radius 1 is 1.12 bits per heavy atom. The first-order valence-electron chi connectivity index (χ1n) is 14.2. The fourth-order valence-electron chi connectivity index (χ4n) is 6.86. The molecule has 42 heavy (non-hydrogen) atoms. The van der Waals surface area contributed by atoms with Gasteiger partial charge >= 0.3 is 12.1 Å². The molecular weight excluding hydrogens is 575 g/mol. The van der Waals surface area contributed by atoms with E-state index >= 15 is 0 Å². The summed E-state index contributed by atoms with van der Waals surface area (Å²) in [4.78, 5) is 40.6. The minimum absolute atomic E-state index is 0.105. The molecule has 0 bridgehead atoms. The molecule has 4 aliphatic rings. The topological polar surface area (TPSA) is 113 Å². The van der Waals surface area contributed by atoms with Gasteiger partial charge in [0, 0.05) is 31.0 Å². The zero-order valence-corrected chi connectivity index (χ0v) is 23.7. The van der Waals surface area contributed by atoms with Gasteiger partial charge in [-0.05, 0) is 61.6 Å². The van der Waals surface area contributed by atoms with Crippen molar-refractivity contribution in [2.75, 3.05) is 13.1 Å². The molecule has 6 rings (SSSR count). The van der Waals surface area contributed by atoms with Gasteiger partial charge in [-0.1, -0.05) is 36.7 Å². The summed E-state index contributed by atoms with van der Waals surface area (Å²) in [6, 6.07) is 4.10. The van der Waals surface area contributed by atoms with Crippen LogP contribution in [-0.4, -0.2) is 68.0 Å². The molecule has 2 fully saturated rings. The molecule has 12 heteroatoms. The number of allylic oxidation sites excluding steroid dienone is 2. The first-order chi connectivity index (χ1) is 19.8. The molecule has 0 spiro atoms. The number of aliphatic hydroxyl groups excluding tert-OH is 1. The van der Waals surface area contributed by atoms with E-state index < -0.39 is 41.4 Å². The van der Waals surface area contributed by atoms with Crippen molar-refractivity contribution in [3.05, 3.63) is 57.4 Å². The van der Waals surface area contributed by atoms with Gasteiger partial charge in [0.2, 0.25) is 5.91 Å². The van der Waals surface area contributed by atoms with E-state index in [0.29, 0.717) is 37.1 Å². The van der Waals surface area contributed by atoms with Gasteiger partial charge in [-0.2, -0.15) is 23.0 Å². The Morgan fingerprint density at radius 3 is 2.43 bits per heavy atom. The number of fused-ring (bicyclic) bond motifs is 1. The number of carbonyl (C=O) groups excluding carboxylic acids is 2.